The van der Waals surface area contributed by atoms with Crippen molar-refractivity contribution in [1.82, 2.24) is 9.55 Å². The third-order valence-electron chi connectivity index (χ3n) is 3.40. The smallest absolute Gasteiger partial charge is 0.147 e. The van der Waals surface area contributed by atoms with Gasteiger partial charge in [-0.25, -0.2) is 4.98 Å². The van der Waals surface area contributed by atoms with Gasteiger partial charge < -0.3 is 15.0 Å². The van der Waals surface area contributed by atoms with E-state index in [0.717, 1.165) is 16.9 Å². The summed E-state index contributed by atoms with van der Waals surface area (Å²) in [6.45, 7) is 2.47. The monoisotopic (exact) mass is 267 g/mol. The average Bonchev–Trinajstić information content (AvgIpc) is 2.74. The maximum Gasteiger partial charge on any atom is 0.147 e. The molecular formula is C16H17N3O. The Labute approximate surface area is 117 Å². The number of fused-ring (bicyclic) bond motifs is 1. The number of hydrogen-bond acceptors (Lipinski definition) is 3. The molecule has 2 N–H and O–H groups in total. The van der Waals surface area contributed by atoms with E-state index >= 15 is 0 Å². The quantitative estimate of drug-likeness (QED) is 0.742. The number of anilines is 1. The fourth-order valence-corrected chi connectivity index (χ4v) is 2.24. The molecule has 4 nitrogen and oxygen atoms in total. The summed E-state index contributed by atoms with van der Waals surface area (Å²) in [7, 11) is 2.00. The lowest BCUT2D eigenvalue weighted by Crippen LogP contribution is -2.04. The molecule has 0 unspecified atom stereocenters. The van der Waals surface area contributed by atoms with Gasteiger partial charge in [0.15, 0.2) is 0 Å². The molecule has 20 heavy (non-hydrogen) atoms. The lowest BCUT2D eigenvalue weighted by molar-refractivity contribution is 0.294. The minimum atomic E-state index is 0.401. The maximum absolute atomic E-state index is 5.87. The topological polar surface area (TPSA) is 53.1 Å². The van der Waals surface area contributed by atoms with E-state index in [0.29, 0.717) is 18.0 Å². The zero-order valence-corrected chi connectivity index (χ0v) is 11.6. The van der Waals surface area contributed by atoms with E-state index in [-0.39, 0.29) is 0 Å². The summed E-state index contributed by atoms with van der Waals surface area (Å²) in [5, 5.41) is 0. The van der Waals surface area contributed by atoms with Gasteiger partial charge in [-0.2, -0.15) is 0 Å². The van der Waals surface area contributed by atoms with Crippen molar-refractivity contribution in [2.75, 3.05) is 5.73 Å². The summed E-state index contributed by atoms with van der Waals surface area (Å²) >= 11 is 0. The normalized spacial score (nSPS) is 10.9. The number of benzene rings is 2. The van der Waals surface area contributed by atoms with Gasteiger partial charge in [0.25, 0.3) is 0 Å². The third-order valence-corrected chi connectivity index (χ3v) is 3.40. The number of para-hydroxylation sites is 2. The highest BCUT2D eigenvalue weighted by atomic mass is 16.5. The number of rotatable bonds is 3. The van der Waals surface area contributed by atoms with Crippen LogP contribution < -0.4 is 10.5 Å². The van der Waals surface area contributed by atoms with Crippen LogP contribution in [-0.4, -0.2) is 9.55 Å². The second-order valence-corrected chi connectivity index (χ2v) is 4.91. The molecule has 3 aromatic rings. The Morgan fingerprint density at radius 2 is 2.00 bits per heavy atom. The van der Waals surface area contributed by atoms with Crippen molar-refractivity contribution in [1.29, 1.82) is 0 Å². The number of aromatic nitrogens is 2. The summed E-state index contributed by atoms with van der Waals surface area (Å²) in [4.78, 5) is 4.61. The van der Waals surface area contributed by atoms with Crippen molar-refractivity contribution in [2.45, 2.75) is 13.5 Å². The minimum absolute atomic E-state index is 0.401. The summed E-state index contributed by atoms with van der Waals surface area (Å²) in [6.07, 6.45) is 0. The van der Waals surface area contributed by atoms with Crippen LogP contribution in [0.2, 0.25) is 0 Å². The van der Waals surface area contributed by atoms with Crippen LogP contribution in [0.25, 0.3) is 11.0 Å². The molecule has 0 saturated carbocycles. The molecule has 2 aromatic carbocycles. The van der Waals surface area contributed by atoms with E-state index in [1.165, 1.54) is 5.56 Å². The van der Waals surface area contributed by atoms with Crippen LogP contribution in [0.4, 0.5) is 5.69 Å². The number of hydrogen-bond donors (Lipinski definition) is 1. The first-order valence-corrected chi connectivity index (χ1v) is 6.54. The Bertz CT molecular complexity index is 762. The van der Waals surface area contributed by atoms with Crippen LogP contribution in [0, 0.1) is 6.92 Å². The Morgan fingerprint density at radius 3 is 2.80 bits per heavy atom. The number of nitrogens with two attached hydrogens (primary N) is 1. The van der Waals surface area contributed by atoms with Gasteiger partial charge in [0.2, 0.25) is 0 Å². The molecule has 0 aliphatic carbocycles. The first-order chi connectivity index (χ1) is 9.65. The molecule has 0 amide bonds. The number of nitrogen functional groups attached to an aromatic ring is 1. The summed E-state index contributed by atoms with van der Waals surface area (Å²) in [5.41, 5.74) is 9.81. The number of nitrogens with zero attached hydrogens (tertiary/aromatic N) is 2. The molecule has 102 valence electrons. The SMILES string of the molecule is Cc1ccc2c(c1)nc(COc1ccccc1N)n2C. The van der Waals surface area contributed by atoms with Gasteiger partial charge in [0, 0.05) is 7.05 Å². The van der Waals surface area contributed by atoms with E-state index in [1.807, 2.05) is 35.9 Å². The fraction of sp³-hybridized carbons (Fsp3) is 0.188. The largest absolute Gasteiger partial charge is 0.484 e. The Kier molecular flexibility index (Phi) is 3.06. The van der Waals surface area contributed by atoms with Crippen molar-refractivity contribution in [3.63, 3.8) is 0 Å². The van der Waals surface area contributed by atoms with Crippen molar-refractivity contribution < 1.29 is 4.74 Å². The average molecular weight is 267 g/mol. The summed E-state index contributed by atoms with van der Waals surface area (Å²) < 4.78 is 7.80. The molecule has 0 aliphatic rings. The van der Waals surface area contributed by atoms with E-state index in [4.69, 9.17) is 10.5 Å². The van der Waals surface area contributed by atoms with Crippen molar-refractivity contribution in [3.05, 3.63) is 53.9 Å². The van der Waals surface area contributed by atoms with Gasteiger partial charge in [0.05, 0.1) is 16.7 Å². The third kappa shape index (κ3) is 2.20. The number of aryl methyl sites for hydroxylation is 2. The molecule has 0 aliphatic heterocycles. The van der Waals surface area contributed by atoms with Crippen LogP contribution in [0.5, 0.6) is 5.75 Å². The minimum Gasteiger partial charge on any atom is -0.484 e. The maximum atomic E-state index is 5.87. The Hall–Kier alpha value is -2.49. The lowest BCUT2D eigenvalue weighted by atomic mass is 10.2. The molecule has 0 atom stereocenters. The van der Waals surface area contributed by atoms with Crippen LogP contribution in [0.15, 0.2) is 42.5 Å². The molecule has 1 aromatic heterocycles. The Morgan fingerprint density at radius 1 is 1.20 bits per heavy atom. The number of imidazole rings is 1. The second kappa shape index (κ2) is 4.89. The van der Waals surface area contributed by atoms with Gasteiger partial charge in [-0.05, 0) is 36.8 Å². The summed E-state index contributed by atoms with van der Waals surface area (Å²) in [5.74, 6) is 1.57. The fourth-order valence-electron chi connectivity index (χ4n) is 2.24. The van der Waals surface area contributed by atoms with Crippen molar-refractivity contribution >= 4 is 16.7 Å². The van der Waals surface area contributed by atoms with E-state index < -0.39 is 0 Å². The van der Waals surface area contributed by atoms with Crippen LogP contribution in [0.1, 0.15) is 11.4 Å². The van der Waals surface area contributed by atoms with Gasteiger partial charge >= 0.3 is 0 Å². The highest BCUT2D eigenvalue weighted by molar-refractivity contribution is 5.76. The molecular weight excluding hydrogens is 250 g/mol. The zero-order valence-electron chi connectivity index (χ0n) is 11.6. The predicted molar refractivity (Wildman–Crippen MR) is 80.6 cm³/mol. The van der Waals surface area contributed by atoms with Crippen LogP contribution in [-0.2, 0) is 13.7 Å². The van der Waals surface area contributed by atoms with Gasteiger partial charge in [-0.15, -0.1) is 0 Å². The zero-order chi connectivity index (χ0) is 14.1. The summed E-state index contributed by atoms with van der Waals surface area (Å²) in [6, 6.07) is 13.7. The number of ether oxygens (including phenoxy) is 1. The highest BCUT2D eigenvalue weighted by Gasteiger charge is 2.09. The molecule has 0 bridgehead atoms. The molecule has 0 spiro atoms. The van der Waals surface area contributed by atoms with Gasteiger partial charge in [0.1, 0.15) is 18.2 Å². The van der Waals surface area contributed by atoms with Gasteiger partial charge in [-0.3, -0.25) is 0 Å². The first-order valence-electron chi connectivity index (χ1n) is 6.54. The molecule has 3 rings (SSSR count). The molecule has 0 radical (unpaired) electrons. The molecule has 0 fully saturated rings. The van der Waals surface area contributed by atoms with Crippen molar-refractivity contribution in [2.24, 2.45) is 7.05 Å². The first kappa shape index (κ1) is 12.5. The Balaban J connectivity index is 1.88. The molecule has 1 heterocycles. The van der Waals surface area contributed by atoms with Crippen molar-refractivity contribution in [3.8, 4) is 5.75 Å². The lowest BCUT2D eigenvalue weighted by Gasteiger charge is -2.08. The van der Waals surface area contributed by atoms with E-state index in [1.54, 1.807) is 0 Å². The van der Waals surface area contributed by atoms with E-state index in [9.17, 15) is 0 Å². The van der Waals surface area contributed by atoms with E-state index in [2.05, 4.69) is 30.1 Å². The molecule has 0 saturated heterocycles. The standard InChI is InChI=1S/C16H17N3O/c1-11-7-8-14-13(9-11)18-16(19(14)2)10-20-15-6-4-3-5-12(15)17/h3-9H,10,17H2,1-2H3. The second-order valence-electron chi connectivity index (χ2n) is 4.91. The highest BCUT2D eigenvalue weighted by Crippen LogP contribution is 2.22. The van der Waals surface area contributed by atoms with Crippen LogP contribution >= 0.6 is 0 Å². The van der Waals surface area contributed by atoms with Crippen LogP contribution in [0.3, 0.4) is 0 Å². The predicted octanol–water partition coefficient (Wildman–Crippen LogP) is 3.04. The van der Waals surface area contributed by atoms with Gasteiger partial charge in [-0.1, -0.05) is 18.2 Å². The molecule has 4 heteroatoms.